The van der Waals surface area contributed by atoms with Gasteiger partial charge in [0.15, 0.2) is 0 Å². The highest BCUT2D eigenvalue weighted by molar-refractivity contribution is 7.89. The third-order valence-electron chi connectivity index (χ3n) is 4.42. The van der Waals surface area contributed by atoms with Crippen LogP contribution in [0.3, 0.4) is 0 Å². The fourth-order valence-corrected chi connectivity index (χ4v) is 4.10. The van der Waals surface area contributed by atoms with Gasteiger partial charge in [-0.3, -0.25) is 9.69 Å². The number of carbonyl (C=O) groups is 1. The van der Waals surface area contributed by atoms with Crippen LogP contribution in [0.25, 0.3) is 0 Å². The van der Waals surface area contributed by atoms with Gasteiger partial charge in [0.05, 0.1) is 4.90 Å². The standard InChI is InChI=1S/C19H32FN3O3S/c1-15(2)23(16(3)4)14-12-21-19(24)7-6-13-22(5)27(25,26)18-10-8-17(20)9-11-18/h8-11,15-16H,6-7,12-14H2,1-5H3,(H,21,24). The predicted molar refractivity (Wildman–Crippen MR) is 105 cm³/mol. The summed E-state index contributed by atoms with van der Waals surface area (Å²) in [5.41, 5.74) is 0. The smallest absolute Gasteiger partial charge is 0.242 e. The summed E-state index contributed by atoms with van der Waals surface area (Å²) < 4.78 is 38.9. The number of nitrogens with one attached hydrogen (secondary N) is 1. The largest absolute Gasteiger partial charge is 0.355 e. The quantitative estimate of drug-likeness (QED) is 0.618. The van der Waals surface area contributed by atoms with E-state index in [0.717, 1.165) is 18.7 Å². The summed E-state index contributed by atoms with van der Waals surface area (Å²) in [7, 11) is -2.21. The first-order chi connectivity index (χ1) is 12.6. The van der Waals surface area contributed by atoms with E-state index in [-0.39, 0.29) is 23.8 Å². The van der Waals surface area contributed by atoms with Crippen molar-refractivity contribution in [3.63, 3.8) is 0 Å². The van der Waals surface area contributed by atoms with Crippen molar-refractivity contribution in [2.24, 2.45) is 0 Å². The summed E-state index contributed by atoms with van der Waals surface area (Å²) in [6.45, 7) is 10.1. The van der Waals surface area contributed by atoms with Crippen molar-refractivity contribution in [1.29, 1.82) is 0 Å². The zero-order valence-corrected chi connectivity index (χ0v) is 17.7. The molecule has 0 saturated carbocycles. The van der Waals surface area contributed by atoms with Gasteiger partial charge in [-0.05, 0) is 58.4 Å². The zero-order valence-electron chi connectivity index (χ0n) is 16.9. The Kier molecular flexibility index (Phi) is 9.35. The minimum Gasteiger partial charge on any atom is -0.355 e. The van der Waals surface area contributed by atoms with E-state index in [1.165, 1.54) is 23.5 Å². The second kappa shape index (κ2) is 10.7. The number of rotatable bonds is 11. The fourth-order valence-electron chi connectivity index (χ4n) is 2.89. The molecule has 0 aliphatic heterocycles. The summed E-state index contributed by atoms with van der Waals surface area (Å²) in [4.78, 5) is 14.3. The molecule has 1 aromatic carbocycles. The lowest BCUT2D eigenvalue weighted by atomic mass is 10.2. The van der Waals surface area contributed by atoms with Gasteiger partial charge in [0.25, 0.3) is 0 Å². The summed E-state index contributed by atoms with van der Waals surface area (Å²) in [5.74, 6) is -0.572. The third kappa shape index (κ3) is 7.56. The third-order valence-corrected chi connectivity index (χ3v) is 6.29. The van der Waals surface area contributed by atoms with Crippen molar-refractivity contribution >= 4 is 15.9 Å². The number of benzene rings is 1. The molecule has 1 aromatic rings. The van der Waals surface area contributed by atoms with E-state index < -0.39 is 15.8 Å². The van der Waals surface area contributed by atoms with Gasteiger partial charge < -0.3 is 5.32 Å². The molecule has 27 heavy (non-hydrogen) atoms. The van der Waals surface area contributed by atoms with Crippen LogP contribution in [0.15, 0.2) is 29.2 Å². The molecular weight excluding hydrogens is 369 g/mol. The maximum absolute atomic E-state index is 13.0. The van der Waals surface area contributed by atoms with Gasteiger partial charge in [-0.15, -0.1) is 0 Å². The van der Waals surface area contributed by atoms with Crippen LogP contribution in [0.5, 0.6) is 0 Å². The van der Waals surface area contributed by atoms with Gasteiger partial charge in [-0.25, -0.2) is 17.1 Å². The number of carbonyl (C=O) groups excluding carboxylic acids is 1. The highest BCUT2D eigenvalue weighted by Gasteiger charge is 2.20. The van der Waals surface area contributed by atoms with Crippen molar-refractivity contribution in [3.05, 3.63) is 30.1 Å². The molecule has 1 rings (SSSR count). The lowest BCUT2D eigenvalue weighted by molar-refractivity contribution is -0.121. The first kappa shape index (κ1) is 23.5. The van der Waals surface area contributed by atoms with Crippen LogP contribution in [0.2, 0.25) is 0 Å². The van der Waals surface area contributed by atoms with Gasteiger partial charge in [-0.1, -0.05) is 0 Å². The second-order valence-electron chi connectivity index (χ2n) is 7.16. The molecule has 1 amide bonds. The van der Waals surface area contributed by atoms with E-state index in [1.807, 2.05) is 0 Å². The fraction of sp³-hybridized carbons (Fsp3) is 0.632. The number of nitrogens with zero attached hydrogens (tertiary/aromatic N) is 2. The van der Waals surface area contributed by atoms with Gasteiger partial charge in [-0.2, -0.15) is 0 Å². The molecule has 0 spiro atoms. The molecule has 0 fully saturated rings. The molecular formula is C19H32FN3O3S. The molecule has 0 atom stereocenters. The van der Waals surface area contributed by atoms with Crippen molar-refractivity contribution in [2.75, 3.05) is 26.7 Å². The lowest BCUT2D eigenvalue weighted by Gasteiger charge is -2.30. The van der Waals surface area contributed by atoms with E-state index in [2.05, 4.69) is 37.9 Å². The SMILES string of the molecule is CC(C)N(CCNC(=O)CCCN(C)S(=O)(=O)c1ccc(F)cc1)C(C)C. The van der Waals surface area contributed by atoms with Gasteiger partial charge in [0.1, 0.15) is 5.82 Å². The van der Waals surface area contributed by atoms with Crippen LogP contribution >= 0.6 is 0 Å². The van der Waals surface area contributed by atoms with Gasteiger partial charge in [0.2, 0.25) is 15.9 Å². The van der Waals surface area contributed by atoms with Crippen LogP contribution in [-0.4, -0.2) is 62.3 Å². The van der Waals surface area contributed by atoms with E-state index in [9.17, 15) is 17.6 Å². The van der Waals surface area contributed by atoms with Gasteiger partial charge in [0, 0.05) is 45.2 Å². The molecule has 0 aliphatic carbocycles. The van der Waals surface area contributed by atoms with Crippen molar-refractivity contribution in [3.8, 4) is 0 Å². The van der Waals surface area contributed by atoms with E-state index in [4.69, 9.17) is 0 Å². The van der Waals surface area contributed by atoms with E-state index >= 15 is 0 Å². The zero-order chi connectivity index (χ0) is 20.6. The first-order valence-electron chi connectivity index (χ1n) is 9.30. The molecule has 0 bridgehead atoms. The second-order valence-corrected chi connectivity index (χ2v) is 9.20. The Morgan fingerprint density at radius 2 is 1.63 bits per heavy atom. The maximum Gasteiger partial charge on any atom is 0.242 e. The average molecular weight is 402 g/mol. The number of hydrogen-bond acceptors (Lipinski definition) is 4. The number of halogens is 1. The van der Waals surface area contributed by atoms with Crippen LogP contribution in [0.4, 0.5) is 4.39 Å². The highest BCUT2D eigenvalue weighted by Crippen LogP contribution is 2.15. The summed E-state index contributed by atoms with van der Waals surface area (Å²) in [6, 6.07) is 5.53. The number of amides is 1. The summed E-state index contributed by atoms with van der Waals surface area (Å²) >= 11 is 0. The molecule has 0 aliphatic rings. The highest BCUT2D eigenvalue weighted by atomic mass is 32.2. The Hall–Kier alpha value is -1.51. The normalized spacial score (nSPS) is 12.4. The van der Waals surface area contributed by atoms with Crippen molar-refractivity contribution in [2.45, 2.75) is 57.5 Å². The minimum atomic E-state index is -3.67. The van der Waals surface area contributed by atoms with Crippen molar-refractivity contribution in [1.82, 2.24) is 14.5 Å². The summed E-state index contributed by atoms with van der Waals surface area (Å²) in [6.07, 6.45) is 0.674. The van der Waals surface area contributed by atoms with E-state index in [0.29, 0.717) is 25.0 Å². The van der Waals surface area contributed by atoms with Crippen LogP contribution < -0.4 is 5.32 Å². The molecule has 0 radical (unpaired) electrons. The van der Waals surface area contributed by atoms with Crippen LogP contribution in [-0.2, 0) is 14.8 Å². The molecule has 0 saturated heterocycles. The maximum atomic E-state index is 13.0. The Labute approximate surface area is 162 Å². The molecule has 0 heterocycles. The average Bonchev–Trinajstić information content (AvgIpc) is 2.58. The first-order valence-corrected chi connectivity index (χ1v) is 10.7. The molecule has 8 heteroatoms. The van der Waals surface area contributed by atoms with Crippen LogP contribution in [0.1, 0.15) is 40.5 Å². The predicted octanol–water partition coefficient (Wildman–Crippen LogP) is 2.46. The molecule has 6 nitrogen and oxygen atoms in total. The topological polar surface area (TPSA) is 69.7 Å². The van der Waals surface area contributed by atoms with Crippen LogP contribution in [0, 0.1) is 5.82 Å². The Balaban J connectivity index is 2.39. The minimum absolute atomic E-state index is 0.0401. The Morgan fingerprint density at radius 1 is 1.07 bits per heavy atom. The monoisotopic (exact) mass is 401 g/mol. The lowest BCUT2D eigenvalue weighted by Crippen LogP contribution is -2.42. The van der Waals surface area contributed by atoms with Crippen molar-refractivity contribution < 1.29 is 17.6 Å². The number of sulfonamides is 1. The molecule has 154 valence electrons. The van der Waals surface area contributed by atoms with E-state index in [1.54, 1.807) is 0 Å². The Morgan fingerprint density at radius 3 is 2.15 bits per heavy atom. The Bertz CT molecular complexity index is 683. The number of hydrogen-bond donors (Lipinski definition) is 1. The summed E-state index contributed by atoms with van der Waals surface area (Å²) in [5, 5.41) is 2.88. The molecule has 0 unspecified atom stereocenters. The molecule has 0 aromatic heterocycles. The van der Waals surface area contributed by atoms with Gasteiger partial charge >= 0.3 is 0 Å². The molecule has 1 N–H and O–H groups in total.